The number of rotatable bonds is 8. The number of nitriles is 1. The van der Waals surface area contributed by atoms with Crippen molar-refractivity contribution in [1.29, 1.82) is 5.26 Å². The zero-order valence-corrected chi connectivity index (χ0v) is 20.5. The summed E-state index contributed by atoms with van der Waals surface area (Å²) in [4.78, 5) is 12.6. The van der Waals surface area contributed by atoms with Crippen LogP contribution in [0.4, 0.5) is 10.1 Å². The van der Waals surface area contributed by atoms with Crippen LogP contribution in [0.2, 0.25) is 5.02 Å². The normalized spacial score (nSPS) is 10.9. The number of amides is 1. The van der Waals surface area contributed by atoms with E-state index in [0.717, 1.165) is 3.57 Å². The minimum atomic E-state index is -0.542. The zero-order valence-electron chi connectivity index (χ0n) is 17.6. The molecule has 0 unspecified atom stereocenters. The van der Waals surface area contributed by atoms with Crippen molar-refractivity contribution in [3.8, 4) is 17.6 Å². The second kappa shape index (κ2) is 11.7. The Kier molecular flexibility index (Phi) is 8.69. The van der Waals surface area contributed by atoms with Crippen LogP contribution in [0.25, 0.3) is 6.08 Å². The van der Waals surface area contributed by atoms with Crippen LogP contribution in [0.5, 0.6) is 11.5 Å². The van der Waals surface area contributed by atoms with Gasteiger partial charge < -0.3 is 14.8 Å². The Balaban J connectivity index is 1.84. The lowest BCUT2D eigenvalue weighted by molar-refractivity contribution is -0.112. The molecule has 0 aliphatic heterocycles. The number of hydrogen-bond donors (Lipinski definition) is 1. The number of carbonyl (C=O) groups is 1. The maximum atomic E-state index is 13.4. The molecule has 1 amide bonds. The van der Waals surface area contributed by atoms with E-state index in [2.05, 4.69) is 27.9 Å². The van der Waals surface area contributed by atoms with E-state index in [0.29, 0.717) is 39.9 Å². The lowest BCUT2D eigenvalue weighted by atomic mass is 10.1. The van der Waals surface area contributed by atoms with Gasteiger partial charge in [-0.25, -0.2) is 4.39 Å². The van der Waals surface area contributed by atoms with E-state index < -0.39 is 5.91 Å². The fourth-order valence-corrected chi connectivity index (χ4v) is 3.81. The summed E-state index contributed by atoms with van der Waals surface area (Å²) in [5.74, 6) is 0.0851. The zero-order chi connectivity index (χ0) is 23.8. The van der Waals surface area contributed by atoms with E-state index in [4.69, 9.17) is 21.1 Å². The standard InChI is InChI=1S/C25H19ClFIN2O3/c1-2-32-23-13-17(10-18(14-29)25(31)30-21-8-6-19(26)7-9-21)12-22(28)24(23)33-15-16-4-3-5-20(27)11-16/h3-13H,2,15H2,1H3,(H,30,31)/b18-10+. The number of ether oxygens (including phenoxy) is 2. The molecule has 0 bridgehead atoms. The van der Waals surface area contributed by atoms with Gasteiger partial charge in [0, 0.05) is 10.7 Å². The molecule has 0 aliphatic rings. The first-order valence-corrected chi connectivity index (χ1v) is 11.4. The summed E-state index contributed by atoms with van der Waals surface area (Å²) in [5.41, 5.74) is 1.74. The summed E-state index contributed by atoms with van der Waals surface area (Å²) >= 11 is 7.96. The Morgan fingerprint density at radius 2 is 1.94 bits per heavy atom. The highest BCUT2D eigenvalue weighted by molar-refractivity contribution is 14.1. The Bertz CT molecular complexity index is 1220. The maximum absolute atomic E-state index is 13.4. The van der Waals surface area contributed by atoms with Gasteiger partial charge in [0.2, 0.25) is 0 Å². The third-order valence-electron chi connectivity index (χ3n) is 4.38. The molecule has 0 radical (unpaired) electrons. The van der Waals surface area contributed by atoms with Crippen LogP contribution < -0.4 is 14.8 Å². The van der Waals surface area contributed by atoms with E-state index in [-0.39, 0.29) is 18.0 Å². The molecule has 3 rings (SSSR count). The van der Waals surface area contributed by atoms with Crippen LogP contribution in [-0.2, 0) is 11.4 Å². The highest BCUT2D eigenvalue weighted by Gasteiger charge is 2.15. The Hall–Kier alpha value is -3.09. The molecule has 3 aromatic carbocycles. The Morgan fingerprint density at radius 1 is 1.18 bits per heavy atom. The summed E-state index contributed by atoms with van der Waals surface area (Å²) in [5, 5.41) is 12.7. The third-order valence-corrected chi connectivity index (χ3v) is 5.44. The van der Waals surface area contributed by atoms with Crippen molar-refractivity contribution in [2.45, 2.75) is 13.5 Å². The molecule has 0 spiro atoms. The first-order chi connectivity index (χ1) is 15.9. The van der Waals surface area contributed by atoms with Gasteiger partial charge in [-0.15, -0.1) is 0 Å². The van der Waals surface area contributed by atoms with Crippen LogP contribution in [0.1, 0.15) is 18.1 Å². The first kappa shape index (κ1) is 24.6. The summed E-state index contributed by atoms with van der Waals surface area (Å²) in [7, 11) is 0. The highest BCUT2D eigenvalue weighted by atomic mass is 127. The number of nitrogens with one attached hydrogen (secondary N) is 1. The van der Waals surface area contributed by atoms with Gasteiger partial charge in [-0.1, -0.05) is 23.7 Å². The van der Waals surface area contributed by atoms with Crippen LogP contribution in [0, 0.1) is 20.7 Å². The molecule has 5 nitrogen and oxygen atoms in total. The Labute approximate surface area is 209 Å². The topological polar surface area (TPSA) is 71.3 Å². The van der Waals surface area contributed by atoms with Gasteiger partial charge in [-0.2, -0.15) is 5.26 Å². The summed E-state index contributed by atoms with van der Waals surface area (Å²) < 4.78 is 25.8. The SMILES string of the molecule is CCOc1cc(/C=C(\C#N)C(=O)Nc2ccc(Cl)cc2)cc(I)c1OCc1cccc(F)c1. The number of hydrogen-bond acceptors (Lipinski definition) is 4. The van der Waals surface area contributed by atoms with Crippen molar-refractivity contribution in [1.82, 2.24) is 0 Å². The molecule has 0 heterocycles. The Morgan fingerprint density at radius 3 is 2.61 bits per heavy atom. The molecule has 1 N–H and O–H groups in total. The predicted molar refractivity (Wildman–Crippen MR) is 135 cm³/mol. The predicted octanol–water partition coefficient (Wildman–Crippen LogP) is 6.61. The van der Waals surface area contributed by atoms with Gasteiger partial charge >= 0.3 is 0 Å². The van der Waals surface area contributed by atoms with Crippen molar-refractivity contribution in [3.05, 3.63) is 91.8 Å². The second-order valence-electron chi connectivity index (χ2n) is 6.81. The molecule has 3 aromatic rings. The lowest BCUT2D eigenvalue weighted by Crippen LogP contribution is -2.13. The van der Waals surface area contributed by atoms with Crippen molar-refractivity contribution in [2.24, 2.45) is 0 Å². The van der Waals surface area contributed by atoms with E-state index in [1.54, 1.807) is 48.5 Å². The highest BCUT2D eigenvalue weighted by Crippen LogP contribution is 2.35. The minimum Gasteiger partial charge on any atom is -0.490 e. The number of benzene rings is 3. The quantitative estimate of drug-likeness (QED) is 0.186. The number of halogens is 3. The molecule has 0 saturated heterocycles. The summed E-state index contributed by atoms with van der Waals surface area (Å²) in [6.07, 6.45) is 1.48. The van der Waals surface area contributed by atoms with E-state index in [1.165, 1.54) is 18.2 Å². The molecular formula is C25H19ClFIN2O3. The fraction of sp³-hybridized carbons (Fsp3) is 0.120. The third kappa shape index (κ3) is 6.94. The van der Waals surface area contributed by atoms with Gasteiger partial charge in [-0.3, -0.25) is 4.79 Å². The van der Waals surface area contributed by atoms with E-state index in [1.807, 2.05) is 13.0 Å². The molecule has 0 aromatic heterocycles. The molecule has 0 fully saturated rings. The monoisotopic (exact) mass is 576 g/mol. The van der Waals surface area contributed by atoms with E-state index >= 15 is 0 Å². The molecule has 0 atom stereocenters. The average Bonchev–Trinajstić information content (AvgIpc) is 2.78. The first-order valence-electron chi connectivity index (χ1n) is 9.92. The molecule has 8 heteroatoms. The van der Waals surface area contributed by atoms with Gasteiger partial charge in [0.15, 0.2) is 11.5 Å². The number of nitrogens with zero attached hydrogens (tertiary/aromatic N) is 1. The average molecular weight is 577 g/mol. The molecule has 33 heavy (non-hydrogen) atoms. The van der Waals surface area contributed by atoms with Crippen LogP contribution in [0.15, 0.2) is 66.2 Å². The van der Waals surface area contributed by atoms with Crippen molar-refractivity contribution in [2.75, 3.05) is 11.9 Å². The molecule has 0 saturated carbocycles. The minimum absolute atomic E-state index is 0.0726. The van der Waals surface area contributed by atoms with Gasteiger partial charge in [0.05, 0.1) is 10.2 Å². The van der Waals surface area contributed by atoms with Crippen molar-refractivity contribution in [3.63, 3.8) is 0 Å². The van der Waals surface area contributed by atoms with E-state index in [9.17, 15) is 14.4 Å². The largest absolute Gasteiger partial charge is 0.490 e. The van der Waals surface area contributed by atoms with Gasteiger partial charge in [0.1, 0.15) is 24.1 Å². The number of carbonyl (C=O) groups excluding carboxylic acids is 1. The van der Waals surface area contributed by atoms with Crippen LogP contribution >= 0.6 is 34.2 Å². The van der Waals surface area contributed by atoms with Crippen molar-refractivity contribution < 1.29 is 18.7 Å². The lowest BCUT2D eigenvalue weighted by Gasteiger charge is -2.15. The molecular weight excluding hydrogens is 558 g/mol. The maximum Gasteiger partial charge on any atom is 0.266 e. The van der Waals surface area contributed by atoms with Crippen molar-refractivity contribution >= 4 is 51.9 Å². The number of anilines is 1. The van der Waals surface area contributed by atoms with Gasteiger partial charge in [-0.05, 0) is 95.2 Å². The second-order valence-corrected chi connectivity index (χ2v) is 8.41. The fourth-order valence-electron chi connectivity index (χ4n) is 2.90. The summed E-state index contributed by atoms with van der Waals surface area (Å²) in [6.45, 7) is 2.39. The van der Waals surface area contributed by atoms with Gasteiger partial charge in [0.25, 0.3) is 5.91 Å². The van der Waals surface area contributed by atoms with Crippen LogP contribution in [0.3, 0.4) is 0 Å². The molecule has 168 valence electrons. The summed E-state index contributed by atoms with van der Waals surface area (Å²) in [6, 6.07) is 18.2. The van der Waals surface area contributed by atoms with Crippen LogP contribution in [-0.4, -0.2) is 12.5 Å². The molecule has 0 aliphatic carbocycles. The smallest absolute Gasteiger partial charge is 0.266 e.